The van der Waals surface area contributed by atoms with Gasteiger partial charge in [-0.3, -0.25) is 4.79 Å². The van der Waals surface area contributed by atoms with E-state index < -0.39 is 12.0 Å². The third-order valence-corrected chi connectivity index (χ3v) is 3.86. The highest BCUT2D eigenvalue weighted by atomic mass is 79.9. The van der Waals surface area contributed by atoms with Gasteiger partial charge in [-0.25, -0.2) is 4.79 Å². The molecule has 1 fully saturated rings. The van der Waals surface area contributed by atoms with Gasteiger partial charge in [0.05, 0.1) is 0 Å². The molecule has 1 rings (SSSR count). The van der Waals surface area contributed by atoms with Crippen molar-refractivity contribution in [2.75, 3.05) is 11.9 Å². The van der Waals surface area contributed by atoms with Crippen LogP contribution in [0, 0.1) is 5.92 Å². The summed E-state index contributed by atoms with van der Waals surface area (Å²) < 4.78 is 0. The van der Waals surface area contributed by atoms with Gasteiger partial charge in [0, 0.05) is 18.3 Å². The third-order valence-electron chi connectivity index (χ3n) is 2.95. The van der Waals surface area contributed by atoms with Crippen LogP contribution in [-0.4, -0.2) is 39.8 Å². The molecule has 0 radical (unpaired) electrons. The highest BCUT2D eigenvalue weighted by Gasteiger charge is 2.36. The summed E-state index contributed by atoms with van der Waals surface area (Å²) in [6, 6.07) is -0.628. The molecule has 5 heteroatoms. The van der Waals surface area contributed by atoms with Gasteiger partial charge in [-0.05, 0) is 12.3 Å². The fourth-order valence-electron chi connectivity index (χ4n) is 2.02. The first-order chi connectivity index (χ1) is 7.60. The number of hydrogen-bond donors (Lipinski definition) is 1. The lowest BCUT2D eigenvalue weighted by molar-refractivity contribution is -0.148. The number of nitrogens with zero attached hydrogens (tertiary/aromatic N) is 1. The van der Waals surface area contributed by atoms with Crippen LogP contribution < -0.4 is 0 Å². The molecule has 0 aromatic rings. The predicted octanol–water partition coefficient (Wildman–Crippen LogP) is 1.87. The Morgan fingerprint density at radius 2 is 2.38 bits per heavy atom. The molecule has 0 aromatic carbocycles. The zero-order valence-corrected chi connectivity index (χ0v) is 11.1. The first-order valence-corrected chi connectivity index (χ1v) is 6.80. The van der Waals surface area contributed by atoms with Crippen molar-refractivity contribution in [3.63, 3.8) is 0 Å². The highest BCUT2D eigenvalue weighted by Crippen LogP contribution is 2.23. The molecule has 1 aliphatic heterocycles. The van der Waals surface area contributed by atoms with Crippen LogP contribution in [0.15, 0.2) is 0 Å². The van der Waals surface area contributed by atoms with E-state index in [2.05, 4.69) is 15.9 Å². The van der Waals surface area contributed by atoms with Crippen LogP contribution in [0.4, 0.5) is 0 Å². The van der Waals surface area contributed by atoms with E-state index in [1.54, 1.807) is 0 Å². The maximum absolute atomic E-state index is 11.7. The zero-order valence-electron chi connectivity index (χ0n) is 9.49. The van der Waals surface area contributed by atoms with Crippen molar-refractivity contribution in [2.45, 2.75) is 38.6 Å². The molecule has 0 bridgehead atoms. The van der Waals surface area contributed by atoms with E-state index in [-0.39, 0.29) is 11.8 Å². The number of rotatable bonds is 6. The van der Waals surface area contributed by atoms with E-state index in [1.165, 1.54) is 4.90 Å². The number of hydrogen-bond acceptors (Lipinski definition) is 2. The van der Waals surface area contributed by atoms with E-state index in [0.717, 1.165) is 18.2 Å². The van der Waals surface area contributed by atoms with Gasteiger partial charge in [0.1, 0.15) is 6.04 Å². The van der Waals surface area contributed by atoms with E-state index in [1.807, 2.05) is 6.92 Å². The lowest BCUT2D eigenvalue weighted by Crippen LogP contribution is -2.42. The molecule has 2 unspecified atom stereocenters. The minimum absolute atomic E-state index is 0.0204. The number of halogens is 1. The maximum Gasteiger partial charge on any atom is 0.326 e. The monoisotopic (exact) mass is 291 g/mol. The Bertz CT molecular complexity index is 270. The standard InChI is InChI=1S/C11H18BrNO3/c1-2-3-4-9(11(15)16)13-7-8(6-12)5-10(13)14/h8-9H,2-7H2,1H3,(H,15,16). The van der Waals surface area contributed by atoms with Crippen LogP contribution in [0.3, 0.4) is 0 Å². The number of amides is 1. The lowest BCUT2D eigenvalue weighted by atomic mass is 10.1. The first-order valence-electron chi connectivity index (χ1n) is 5.68. The second-order valence-corrected chi connectivity index (χ2v) is 4.91. The molecular weight excluding hydrogens is 274 g/mol. The average Bonchev–Trinajstić information content (AvgIpc) is 2.60. The summed E-state index contributed by atoms with van der Waals surface area (Å²) in [5.41, 5.74) is 0. The van der Waals surface area contributed by atoms with Crippen LogP contribution in [0.2, 0.25) is 0 Å². The van der Waals surface area contributed by atoms with Crippen molar-refractivity contribution in [3.8, 4) is 0 Å². The van der Waals surface area contributed by atoms with Crippen molar-refractivity contribution < 1.29 is 14.7 Å². The summed E-state index contributed by atoms with van der Waals surface area (Å²) in [6.07, 6.45) is 2.83. The summed E-state index contributed by atoms with van der Waals surface area (Å²) in [4.78, 5) is 24.4. The Kier molecular flexibility index (Phi) is 5.25. The zero-order chi connectivity index (χ0) is 12.1. The molecule has 0 aromatic heterocycles. The van der Waals surface area contributed by atoms with Crippen LogP contribution in [0.25, 0.3) is 0 Å². The fourth-order valence-corrected chi connectivity index (χ4v) is 2.46. The summed E-state index contributed by atoms with van der Waals surface area (Å²) in [6.45, 7) is 2.59. The molecule has 1 aliphatic rings. The Morgan fingerprint density at radius 3 is 2.81 bits per heavy atom. The SMILES string of the molecule is CCCCC(C(=O)O)N1CC(CBr)CC1=O. The molecule has 0 aliphatic carbocycles. The van der Waals surface area contributed by atoms with Crippen LogP contribution in [-0.2, 0) is 9.59 Å². The summed E-state index contributed by atoms with van der Waals surface area (Å²) in [5, 5.41) is 9.89. The van der Waals surface area contributed by atoms with Gasteiger partial charge in [0.25, 0.3) is 0 Å². The Labute approximate surface area is 104 Å². The van der Waals surface area contributed by atoms with Crippen molar-refractivity contribution in [1.29, 1.82) is 0 Å². The summed E-state index contributed by atoms with van der Waals surface area (Å²) in [7, 11) is 0. The second kappa shape index (κ2) is 6.23. The van der Waals surface area contributed by atoms with E-state index in [0.29, 0.717) is 19.4 Å². The van der Waals surface area contributed by atoms with Crippen molar-refractivity contribution >= 4 is 27.8 Å². The predicted molar refractivity (Wildman–Crippen MR) is 64.6 cm³/mol. The smallest absolute Gasteiger partial charge is 0.326 e. The van der Waals surface area contributed by atoms with E-state index in [4.69, 9.17) is 5.11 Å². The number of carboxylic acid groups (broad SMARTS) is 1. The van der Waals surface area contributed by atoms with E-state index in [9.17, 15) is 9.59 Å². The molecule has 1 N–H and O–H groups in total. The number of unbranched alkanes of at least 4 members (excludes halogenated alkanes) is 1. The molecule has 1 saturated heterocycles. The van der Waals surface area contributed by atoms with E-state index >= 15 is 0 Å². The van der Waals surface area contributed by atoms with Gasteiger partial charge in [0.2, 0.25) is 5.91 Å². The Balaban J connectivity index is 2.64. The molecule has 16 heavy (non-hydrogen) atoms. The second-order valence-electron chi connectivity index (χ2n) is 4.27. The lowest BCUT2D eigenvalue weighted by Gasteiger charge is -2.24. The maximum atomic E-state index is 11.7. The largest absolute Gasteiger partial charge is 0.480 e. The molecule has 0 saturated carbocycles. The number of alkyl halides is 1. The number of likely N-dealkylation sites (tertiary alicyclic amines) is 1. The van der Waals surface area contributed by atoms with Gasteiger partial charge in [-0.2, -0.15) is 0 Å². The Hall–Kier alpha value is -0.580. The molecular formula is C11H18BrNO3. The molecule has 0 spiro atoms. The summed E-state index contributed by atoms with van der Waals surface area (Å²) in [5.74, 6) is -0.638. The minimum Gasteiger partial charge on any atom is -0.480 e. The average molecular weight is 292 g/mol. The molecule has 1 amide bonds. The fraction of sp³-hybridized carbons (Fsp3) is 0.818. The van der Waals surface area contributed by atoms with Crippen LogP contribution >= 0.6 is 15.9 Å². The first kappa shape index (κ1) is 13.5. The molecule has 2 atom stereocenters. The van der Waals surface area contributed by atoms with Gasteiger partial charge in [0.15, 0.2) is 0 Å². The molecule has 1 heterocycles. The Morgan fingerprint density at radius 1 is 1.69 bits per heavy atom. The van der Waals surface area contributed by atoms with Crippen molar-refractivity contribution in [3.05, 3.63) is 0 Å². The van der Waals surface area contributed by atoms with Crippen molar-refractivity contribution in [2.24, 2.45) is 5.92 Å². The summed E-state index contributed by atoms with van der Waals surface area (Å²) >= 11 is 3.34. The minimum atomic E-state index is -0.878. The highest BCUT2D eigenvalue weighted by molar-refractivity contribution is 9.09. The molecule has 92 valence electrons. The van der Waals surface area contributed by atoms with Gasteiger partial charge >= 0.3 is 5.97 Å². The van der Waals surface area contributed by atoms with Gasteiger partial charge in [-0.1, -0.05) is 35.7 Å². The topological polar surface area (TPSA) is 57.6 Å². The number of carboxylic acids is 1. The molecule has 4 nitrogen and oxygen atoms in total. The number of carbonyl (C=O) groups is 2. The van der Waals surface area contributed by atoms with Gasteiger partial charge in [-0.15, -0.1) is 0 Å². The quantitative estimate of drug-likeness (QED) is 0.760. The third kappa shape index (κ3) is 3.20. The number of aliphatic carboxylic acids is 1. The number of carbonyl (C=O) groups excluding carboxylic acids is 1. The van der Waals surface area contributed by atoms with Crippen LogP contribution in [0.1, 0.15) is 32.6 Å². The van der Waals surface area contributed by atoms with Crippen molar-refractivity contribution in [1.82, 2.24) is 4.90 Å². The van der Waals surface area contributed by atoms with Gasteiger partial charge < -0.3 is 10.0 Å². The normalized spacial score (nSPS) is 22.5. The van der Waals surface area contributed by atoms with Crippen LogP contribution in [0.5, 0.6) is 0 Å².